The van der Waals surface area contributed by atoms with Crippen LogP contribution >= 0.6 is 0 Å². The fraction of sp³-hybridized carbons (Fsp3) is 0.500. The van der Waals surface area contributed by atoms with E-state index in [1.54, 1.807) is 4.90 Å². The number of nitrogens with zero attached hydrogens (tertiary/aromatic N) is 1. The second-order valence-electron chi connectivity index (χ2n) is 5.61. The Morgan fingerprint density at radius 1 is 1.33 bits per heavy atom. The lowest BCUT2D eigenvalue weighted by Crippen LogP contribution is -2.38. The van der Waals surface area contributed by atoms with Crippen molar-refractivity contribution < 1.29 is 19.4 Å². The molecule has 2 rings (SSSR count). The summed E-state index contributed by atoms with van der Waals surface area (Å²) in [5.41, 5.74) is 0.335. The molecular weight excluding hydrogens is 270 g/mol. The van der Waals surface area contributed by atoms with Crippen LogP contribution < -0.4 is 4.74 Å². The molecule has 0 aliphatic carbocycles. The number of rotatable bonds is 5. The number of carbonyl (C=O) groups excluding carboxylic acids is 1. The molecule has 0 bridgehead atoms. The van der Waals surface area contributed by atoms with Gasteiger partial charge in [-0.15, -0.1) is 0 Å². The predicted octanol–water partition coefficient (Wildman–Crippen LogP) is 2.09. The first-order valence-corrected chi connectivity index (χ1v) is 7.17. The third-order valence-electron chi connectivity index (χ3n) is 4.22. The zero-order chi connectivity index (χ0) is 15.5. The Labute approximate surface area is 124 Å². The Kier molecular flexibility index (Phi) is 4.50. The van der Waals surface area contributed by atoms with Crippen molar-refractivity contribution in [3.63, 3.8) is 0 Å². The second kappa shape index (κ2) is 6.16. The van der Waals surface area contributed by atoms with E-state index in [-0.39, 0.29) is 19.1 Å². The monoisotopic (exact) mass is 291 g/mol. The highest BCUT2D eigenvalue weighted by molar-refractivity contribution is 5.81. The summed E-state index contributed by atoms with van der Waals surface area (Å²) in [7, 11) is 0. The number of hydrogen-bond acceptors (Lipinski definition) is 3. The van der Waals surface area contributed by atoms with Gasteiger partial charge in [-0.2, -0.15) is 0 Å². The van der Waals surface area contributed by atoms with E-state index < -0.39 is 11.4 Å². The maximum atomic E-state index is 12.1. The van der Waals surface area contributed by atoms with Crippen LogP contribution in [0.15, 0.2) is 24.3 Å². The normalized spacial score (nSPS) is 21.3. The Hall–Kier alpha value is -2.04. The van der Waals surface area contributed by atoms with Crippen LogP contribution in [-0.4, -0.2) is 41.6 Å². The highest BCUT2D eigenvalue weighted by Gasteiger charge is 2.44. The standard InChI is InChI=1S/C16H21NO4/c1-3-16(15(19)20)8-9-17(11-16)14(18)10-21-13-6-4-12(2)5-7-13/h4-7H,3,8-11H2,1-2H3,(H,19,20). The molecule has 0 aromatic heterocycles. The molecule has 114 valence electrons. The lowest BCUT2D eigenvalue weighted by atomic mass is 9.84. The van der Waals surface area contributed by atoms with Crippen molar-refractivity contribution >= 4 is 11.9 Å². The largest absolute Gasteiger partial charge is 0.484 e. The van der Waals surface area contributed by atoms with Crippen molar-refractivity contribution in [2.24, 2.45) is 5.41 Å². The number of aliphatic carboxylic acids is 1. The van der Waals surface area contributed by atoms with Crippen molar-refractivity contribution in [2.75, 3.05) is 19.7 Å². The fourth-order valence-corrected chi connectivity index (χ4v) is 2.57. The quantitative estimate of drug-likeness (QED) is 0.902. The summed E-state index contributed by atoms with van der Waals surface area (Å²) >= 11 is 0. The Morgan fingerprint density at radius 2 is 2.00 bits per heavy atom. The van der Waals surface area contributed by atoms with Crippen molar-refractivity contribution in [3.05, 3.63) is 29.8 Å². The average Bonchev–Trinajstić information content (AvgIpc) is 2.92. The molecule has 1 fully saturated rings. The molecule has 0 radical (unpaired) electrons. The Balaban J connectivity index is 1.90. The number of carboxylic acids is 1. The lowest BCUT2D eigenvalue weighted by Gasteiger charge is -2.23. The summed E-state index contributed by atoms with van der Waals surface area (Å²) in [6.45, 7) is 4.54. The van der Waals surface area contributed by atoms with Crippen molar-refractivity contribution in [3.8, 4) is 5.75 Å². The molecule has 1 aromatic rings. The SMILES string of the molecule is CCC1(C(=O)O)CCN(C(=O)COc2ccc(C)cc2)C1. The minimum absolute atomic E-state index is 0.0531. The summed E-state index contributed by atoms with van der Waals surface area (Å²) in [6, 6.07) is 7.48. The zero-order valence-corrected chi connectivity index (χ0v) is 12.5. The summed E-state index contributed by atoms with van der Waals surface area (Å²) in [6.07, 6.45) is 1.04. The molecule has 1 heterocycles. The van der Waals surface area contributed by atoms with Crippen LogP contribution in [0.3, 0.4) is 0 Å². The minimum atomic E-state index is -0.820. The van der Waals surface area contributed by atoms with E-state index in [2.05, 4.69) is 0 Å². The van der Waals surface area contributed by atoms with Crippen LogP contribution in [0.4, 0.5) is 0 Å². The topological polar surface area (TPSA) is 66.8 Å². The van der Waals surface area contributed by atoms with Gasteiger partial charge in [-0.3, -0.25) is 9.59 Å². The number of carboxylic acid groups (broad SMARTS) is 1. The molecule has 0 spiro atoms. The number of aryl methyl sites for hydroxylation is 1. The van der Waals surface area contributed by atoms with E-state index >= 15 is 0 Å². The summed E-state index contributed by atoms with van der Waals surface area (Å²) in [5.74, 6) is -0.333. The molecule has 1 aliphatic heterocycles. The Bertz CT molecular complexity index is 526. The molecule has 1 unspecified atom stereocenters. The molecule has 1 atom stereocenters. The number of amides is 1. The van der Waals surface area contributed by atoms with Gasteiger partial charge in [0, 0.05) is 13.1 Å². The van der Waals surface area contributed by atoms with Gasteiger partial charge in [-0.25, -0.2) is 0 Å². The van der Waals surface area contributed by atoms with Gasteiger partial charge in [0.25, 0.3) is 5.91 Å². The lowest BCUT2D eigenvalue weighted by molar-refractivity contribution is -0.148. The smallest absolute Gasteiger partial charge is 0.311 e. The van der Waals surface area contributed by atoms with Gasteiger partial charge in [0.15, 0.2) is 6.61 Å². The first-order chi connectivity index (χ1) is 9.97. The molecule has 5 nitrogen and oxygen atoms in total. The molecule has 1 aromatic carbocycles. The van der Waals surface area contributed by atoms with Crippen LogP contribution in [-0.2, 0) is 9.59 Å². The minimum Gasteiger partial charge on any atom is -0.484 e. The molecular formula is C16H21NO4. The average molecular weight is 291 g/mol. The predicted molar refractivity (Wildman–Crippen MR) is 78.2 cm³/mol. The Morgan fingerprint density at radius 3 is 2.52 bits per heavy atom. The molecule has 1 aliphatic rings. The van der Waals surface area contributed by atoms with E-state index in [1.165, 1.54) is 0 Å². The van der Waals surface area contributed by atoms with E-state index in [9.17, 15) is 14.7 Å². The fourth-order valence-electron chi connectivity index (χ4n) is 2.57. The van der Waals surface area contributed by atoms with Gasteiger partial charge in [0.1, 0.15) is 5.75 Å². The number of benzene rings is 1. The third kappa shape index (κ3) is 3.35. The highest BCUT2D eigenvalue weighted by Crippen LogP contribution is 2.34. The van der Waals surface area contributed by atoms with E-state index in [1.807, 2.05) is 38.1 Å². The number of likely N-dealkylation sites (tertiary alicyclic amines) is 1. The third-order valence-corrected chi connectivity index (χ3v) is 4.22. The van der Waals surface area contributed by atoms with E-state index in [4.69, 9.17) is 4.74 Å². The second-order valence-corrected chi connectivity index (χ2v) is 5.61. The maximum absolute atomic E-state index is 12.1. The molecule has 1 saturated heterocycles. The summed E-state index contributed by atoms with van der Waals surface area (Å²) in [4.78, 5) is 25.1. The number of carbonyl (C=O) groups is 2. The van der Waals surface area contributed by atoms with Crippen LogP contribution in [0.5, 0.6) is 5.75 Å². The van der Waals surface area contributed by atoms with Gasteiger partial charge in [-0.05, 0) is 31.9 Å². The van der Waals surface area contributed by atoms with Crippen LogP contribution in [0, 0.1) is 12.3 Å². The molecule has 1 N–H and O–H groups in total. The molecule has 0 saturated carbocycles. The maximum Gasteiger partial charge on any atom is 0.311 e. The van der Waals surface area contributed by atoms with E-state index in [0.29, 0.717) is 25.1 Å². The van der Waals surface area contributed by atoms with Crippen molar-refractivity contribution in [2.45, 2.75) is 26.7 Å². The number of ether oxygens (including phenoxy) is 1. The van der Waals surface area contributed by atoms with Crippen LogP contribution in [0.1, 0.15) is 25.3 Å². The van der Waals surface area contributed by atoms with Crippen LogP contribution in [0.25, 0.3) is 0 Å². The number of hydrogen-bond donors (Lipinski definition) is 1. The molecule has 21 heavy (non-hydrogen) atoms. The highest BCUT2D eigenvalue weighted by atomic mass is 16.5. The van der Waals surface area contributed by atoms with Crippen LogP contribution in [0.2, 0.25) is 0 Å². The molecule has 5 heteroatoms. The van der Waals surface area contributed by atoms with Gasteiger partial charge < -0.3 is 14.7 Å². The summed E-state index contributed by atoms with van der Waals surface area (Å²) in [5, 5.41) is 9.33. The zero-order valence-electron chi connectivity index (χ0n) is 12.5. The summed E-state index contributed by atoms with van der Waals surface area (Å²) < 4.78 is 5.46. The van der Waals surface area contributed by atoms with E-state index in [0.717, 1.165) is 5.56 Å². The first kappa shape index (κ1) is 15.4. The van der Waals surface area contributed by atoms with Gasteiger partial charge >= 0.3 is 5.97 Å². The van der Waals surface area contributed by atoms with Gasteiger partial charge in [0.05, 0.1) is 5.41 Å². The first-order valence-electron chi connectivity index (χ1n) is 7.17. The van der Waals surface area contributed by atoms with Crippen molar-refractivity contribution in [1.29, 1.82) is 0 Å². The van der Waals surface area contributed by atoms with Gasteiger partial charge in [-0.1, -0.05) is 24.6 Å². The van der Waals surface area contributed by atoms with Crippen molar-refractivity contribution in [1.82, 2.24) is 4.90 Å². The van der Waals surface area contributed by atoms with Gasteiger partial charge in [0.2, 0.25) is 0 Å². The molecule has 1 amide bonds.